The monoisotopic (exact) mass is 436 g/mol. The van der Waals surface area contributed by atoms with Gasteiger partial charge < -0.3 is 5.32 Å². The molecule has 4 nitrogen and oxygen atoms in total. The van der Waals surface area contributed by atoms with E-state index in [4.69, 9.17) is 23.2 Å². The van der Waals surface area contributed by atoms with Gasteiger partial charge in [0.15, 0.2) is 0 Å². The summed E-state index contributed by atoms with van der Waals surface area (Å²) in [5.74, 6) is -0.302. The Kier molecular flexibility index (Phi) is 5.62. The van der Waals surface area contributed by atoms with E-state index in [-0.39, 0.29) is 18.0 Å². The summed E-state index contributed by atoms with van der Waals surface area (Å²) in [5, 5.41) is 4.65. The van der Waals surface area contributed by atoms with Crippen molar-refractivity contribution in [2.45, 2.75) is 13.5 Å². The van der Waals surface area contributed by atoms with Gasteiger partial charge in [0.1, 0.15) is 0 Å². The molecule has 30 heavy (non-hydrogen) atoms. The van der Waals surface area contributed by atoms with Crippen LogP contribution < -0.4 is 10.9 Å². The smallest absolute Gasteiger partial charge is 0.264 e. The molecule has 0 spiro atoms. The van der Waals surface area contributed by atoms with E-state index in [1.54, 1.807) is 31.2 Å². The molecule has 1 N–H and O–H groups in total. The molecule has 0 bridgehead atoms. The van der Waals surface area contributed by atoms with E-state index in [9.17, 15) is 9.59 Å². The van der Waals surface area contributed by atoms with Gasteiger partial charge in [0.05, 0.1) is 16.0 Å². The third-order valence-electron chi connectivity index (χ3n) is 5.04. The number of rotatable bonds is 4. The average Bonchev–Trinajstić information content (AvgIpc) is 2.74. The molecule has 0 saturated carbocycles. The van der Waals surface area contributed by atoms with Crippen molar-refractivity contribution in [3.05, 3.63) is 110 Å². The van der Waals surface area contributed by atoms with Crippen molar-refractivity contribution in [1.29, 1.82) is 0 Å². The number of pyridine rings is 1. The zero-order valence-electron chi connectivity index (χ0n) is 16.2. The maximum absolute atomic E-state index is 13.3. The van der Waals surface area contributed by atoms with Crippen LogP contribution in [0.4, 0.5) is 0 Å². The number of carbonyl (C=O) groups is 1. The molecule has 1 amide bonds. The van der Waals surface area contributed by atoms with E-state index in [2.05, 4.69) is 5.32 Å². The Bertz CT molecular complexity index is 1310. The number of nitrogens with one attached hydrogen (secondary N) is 1. The van der Waals surface area contributed by atoms with E-state index >= 15 is 0 Å². The first kappa shape index (κ1) is 20.2. The van der Waals surface area contributed by atoms with Crippen molar-refractivity contribution >= 4 is 39.9 Å². The number of aromatic nitrogens is 1. The van der Waals surface area contributed by atoms with Crippen LogP contribution in [0, 0.1) is 6.92 Å². The molecular weight excluding hydrogens is 419 g/mol. The number of para-hydroxylation sites is 1. The molecule has 0 fully saturated rings. The fourth-order valence-corrected chi connectivity index (χ4v) is 4.06. The molecule has 0 aliphatic rings. The van der Waals surface area contributed by atoms with Crippen LogP contribution in [0.15, 0.2) is 77.6 Å². The minimum absolute atomic E-state index is 0.262. The summed E-state index contributed by atoms with van der Waals surface area (Å²) in [6.07, 6.45) is 0. The number of nitrogens with zero attached hydrogens (tertiary/aromatic N) is 1. The molecule has 4 aromatic rings. The number of hydrogen-bond acceptors (Lipinski definition) is 2. The van der Waals surface area contributed by atoms with Gasteiger partial charge >= 0.3 is 0 Å². The van der Waals surface area contributed by atoms with Gasteiger partial charge in [-0.25, -0.2) is 0 Å². The van der Waals surface area contributed by atoms with Gasteiger partial charge in [-0.15, -0.1) is 0 Å². The number of halogens is 2. The van der Waals surface area contributed by atoms with Gasteiger partial charge in [0.2, 0.25) is 0 Å². The van der Waals surface area contributed by atoms with E-state index in [1.807, 2.05) is 48.5 Å². The van der Waals surface area contributed by atoms with Crippen LogP contribution in [0.3, 0.4) is 0 Å². The first-order valence-electron chi connectivity index (χ1n) is 9.40. The first-order chi connectivity index (χ1) is 14.5. The second kappa shape index (κ2) is 8.34. The Balaban J connectivity index is 1.88. The van der Waals surface area contributed by atoms with Gasteiger partial charge in [0.25, 0.3) is 11.5 Å². The number of benzene rings is 3. The van der Waals surface area contributed by atoms with Crippen molar-refractivity contribution in [3.8, 4) is 5.69 Å². The molecule has 3 aromatic carbocycles. The lowest BCUT2D eigenvalue weighted by atomic mass is 10.0. The van der Waals surface area contributed by atoms with E-state index < -0.39 is 0 Å². The predicted octanol–water partition coefficient (Wildman–Crippen LogP) is 5.54. The molecular formula is C24H18Cl2N2O2. The molecule has 0 aliphatic heterocycles. The Morgan fingerprint density at radius 2 is 1.57 bits per heavy atom. The van der Waals surface area contributed by atoms with E-state index in [0.717, 1.165) is 5.56 Å². The molecule has 0 unspecified atom stereocenters. The molecule has 0 saturated heterocycles. The highest BCUT2D eigenvalue weighted by atomic mass is 35.5. The summed E-state index contributed by atoms with van der Waals surface area (Å²) >= 11 is 12.6. The van der Waals surface area contributed by atoms with Crippen molar-refractivity contribution < 1.29 is 4.79 Å². The summed E-state index contributed by atoms with van der Waals surface area (Å²) in [6, 6.07) is 21.7. The molecule has 150 valence electrons. The fourth-order valence-electron chi connectivity index (χ4n) is 3.60. The van der Waals surface area contributed by atoms with Crippen LogP contribution in [-0.4, -0.2) is 10.5 Å². The lowest BCUT2D eigenvalue weighted by molar-refractivity contribution is 0.0951. The first-order valence-corrected chi connectivity index (χ1v) is 10.2. The topological polar surface area (TPSA) is 51.1 Å². The van der Waals surface area contributed by atoms with Gasteiger partial charge in [0, 0.05) is 28.3 Å². The number of carbonyl (C=O) groups excluding carboxylic acids is 1. The van der Waals surface area contributed by atoms with Crippen LogP contribution in [0.5, 0.6) is 0 Å². The largest absolute Gasteiger partial charge is 0.348 e. The van der Waals surface area contributed by atoms with Crippen LogP contribution in [0.2, 0.25) is 10.0 Å². The van der Waals surface area contributed by atoms with Crippen LogP contribution in [0.25, 0.3) is 16.5 Å². The second-order valence-electron chi connectivity index (χ2n) is 6.87. The van der Waals surface area contributed by atoms with Crippen LogP contribution >= 0.6 is 23.2 Å². The number of amides is 1. The van der Waals surface area contributed by atoms with Crippen LogP contribution in [0.1, 0.15) is 21.6 Å². The van der Waals surface area contributed by atoms with Gasteiger partial charge in [-0.05, 0) is 36.8 Å². The Hall–Kier alpha value is -3.08. The molecule has 0 aliphatic carbocycles. The van der Waals surface area contributed by atoms with Gasteiger partial charge in [-0.3, -0.25) is 14.2 Å². The fraction of sp³-hybridized carbons (Fsp3) is 0.0833. The summed E-state index contributed by atoms with van der Waals surface area (Å²) in [6.45, 7) is 2.03. The minimum Gasteiger partial charge on any atom is -0.348 e. The third-order valence-corrected chi connectivity index (χ3v) is 5.72. The maximum atomic E-state index is 13.3. The Morgan fingerprint density at radius 1 is 0.900 bits per heavy atom. The van der Waals surface area contributed by atoms with Gasteiger partial charge in [-0.1, -0.05) is 71.7 Å². The Labute approximate surface area is 183 Å². The standard InChI is InChI=1S/C24H18Cl2N2O2/c1-15-21(23(29)27-14-16-8-5-6-12-19(16)25)18-11-7-13-20(26)22(18)24(30)28(15)17-9-3-2-4-10-17/h2-13H,14H2,1H3,(H,27,29). The van der Waals surface area contributed by atoms with Crippen molar-refractivity contribution in [2.75, 3.05) is 0 Å². The van der Waals surface area contributed by atoms with Crippen LogP contribution in [-0.2, 0) is 6.54 Å². The molecule has 1 heterocycles. The highest BCUT2D eigenvalue weighted by Gasteiger charge is 2.21. The molecule has 6 heteroatoms. The summed E-state index contributed by atoms with van der Waals surface area (Å²) < 4.78 is 1.53. The quantitative estimate of drug-likeness (QED) is 0.456. The van der Waals surface area contributed by atoms with Crippen molar-refractivity contribution in [2.24, 2.45) is 0 Å². The van der Waals surface area contributed by atoms with E-state index in [1.165, 1.54) is 4.57 Å². The average molecular weight is 437 g/mol. The molecule has 4 rings (SSSR count). The number of fused-ring (bicyclic) bond motifs is 1. The third kappa shape index (κ3) is 3.60. The zero-order chi connectivity index (χ0) is 21.3. The second-order valence-corrected chi connectivity index (χ2v) is 7.69. The molecule has 1 aromatic heterocycles. The highest BCUT2D eigenvalue weighted by Crippen LogP contribution is 2.27. The van der Waals surface area contributed by atoms with Crippen molar-refractivity contribution in [1.82, 2.24) is 9.88 Å². The zero-order valence-corrected chi connectivity index (χ0v) is 17.7. The minimum atomic E-state index is -0.302. The summed E-state index contributed by atoms with van der Waals surface area (Å²) in [4.78, 5) is 26.6. The number of hydrogen-bond donors (Lipinski definition) is 1. The maximum Gasteiger partial charge on any atom is 0.264 e. The lowest BCUT2D eigenvalue weighted by Crippen LogP contribution is -2.29. The Morgan fingerprint density at radius 3 is 2.30 bits per heavy atom. The van der Waals surface area contributed by atoms with Crippen molar-refractivity contribution in [3.63, 3.8) is 0 Å². The molecule has 0 radical (unpaired) electrons. The molecule has 0 atom stereocenters. The summed E-state index contributed by atoms with van der Waals surface area (Å²) in [7, 11) is 0. The normalized spacial score (nSPS) is 10.9. The lowest BCUT2D eigenvalue weighted by Gasteiger charge is -2.18. The van der Waals surface area contributed by atoms with E-state index in [0.29, 0.717) is 37.8 Å². The summed E-state index contributed by atoms with van der Waals surface area (Å²) in [5.41, 5.74) is 2.16. The SMILES string of the molecule is Cc1c(C(=O)NCc2ccccc2Cl)c2cccc(Cl)c2c(=O)n1-c1ccccc1. The highest BCUT2D eigenvalue weighted by molar-refractivity contribution is 6.36. The van der Waals surface area contributed by atoms with Gasteiger partial charge in [-0.2, -0.15) is 0 Å². The predicted molar refractivity (Wildman–Crippen MR) is 122 cm³/mol.